The molecule has 13 rings (SSSR count). The maximum absolute atomic E-state index is 6.51. The fourth-order valence-electron chi connectivity index (χ4n) is 9.74. The highest BCUT2D eigenvalue weighted by molar-refractivity contribution is 6.32. The molecule has 3 nitrogen and oxygen atoms in total. The van der Waals surface area contributed by atoms with E-state index in [2.05, 4.69) is 191 Å². The van der Waals surface area contributed by atoms with Crippen molar-refractivity contribution in [3.05, 3.63) is 182 Å². The predicted molar refractivity (Wildman–Crippen MR) is 230 cm³/mol. The molecule has 0 amide bonds. The molecule has 0 N–H and O–H groups in total. The number of fused-ring (bicyclic) bond motifs is 14. The minimum Gasteiger partial charge on any atom is -0.456 e. The van der Waals surface area contributed by atoms with Crippen LogP contribution in [0.25, 0.3) is 121 Å². The highest BCUT2D eigenvalue weighted by Gasteiger charge is 2.26. The third-order valence-corrected chi connectivity index (χ3v) is 12.0. The first-order chi connectivity index (χ1) is 27.3. The minimum absolute atomic E-state index is 0.904. The van der Waals surface area contributed by atoms with Gasteiger partial charge in [-0.2, -0.15) is 0 Å². The Labute approximate surface area is 315 Å². The van der Waals surface area contributed by atoms with Crippen LogP contribution < -0.4 is 0 Å². The van der Waals surface area contributed by atoms with Crippen LogP contribution in [-0.2, 0) is 0 Å². The maximum atomic E-state index is 6.51. The van der Waals surface area contributed by atoms with Crippen molar-refractivity contribution in [3.8, 4) is 44.8 Å². The topological polar surface area (TPSA) is 23.0 Å². The van der Waals surface area contributed by atoms with E-state index in [1.54, 1.807) is 0 Å². The van der Waals surface area contributed by atoms with E-state index in [-0.39, 0.29) is 0 Å². The van der Waals surface area contributed by atoms with E-state index < -0.39 is 0 Å². The van der Waals surface area contributed by atoms with E-state index in [1.807, 2.05) is 0 Å². The van der Waals surface area contributed by atoms with Crippen molar-refractivity contribution in [2.75, 3.05) is 0 Å². The van der Waals surface area contributed by atoms with Crippen LogP contribution in [0, 0.1) is 0 Å². The van der Waals surface area contributed by atoms with Gasteiger partial charge >= 0.3 is 0 Å². The lowest BCUT2D eigenvalue weighted by Gasteiger charge is -2.14. The Hall–Kier alpha value is -7.36. The zero-order valence-electron chi connectivity index (χ0n) is 29.6. The van der Waals surface area contributed by atoms with Crippen LogP contribution in [0.1, 0.15) is 0 Å². The molecule has 12 aromatic rings. The Morgan fingerprint density at radius 3 is 1.85 bits per heavy atom. The van der Waals surface area contributed by atoms with Crippen molar-refractivity contribution in [1.29, 1.82) is 0 Å². The van der Waals surface area contributed by atoms with Crippen molar-refractivity contribution in [2.45, 2.75) is 0 Å². The minimum atomic E-state index is 0.904. The second-order valence-corrected chi connectivity index (χ2v) is 14.8. The molecule has 0 fully saturated rings. The van der Waals surface area contributed by atoms with Gasteiger partial charge in [-0.15, -0.1) is 0 Å². The number of hydrogen-bond donors (Lipinski definition) is 0. The third kappa shape index (κ3) is 3.84. The van der Waals surface area contributed by atoms with Gasteiger partial charge < -0.3 is 13.6 Å². The number of aromatic nitrogens is 2. The summed E-state index contributed by atoms with van der Waals surface area (Å²) in [7, 11) is 0. The largest absolute Gasteiger partial charge is 0.456 e. The Morgan fingerprint density at radius 2 is 1.00 bits per heavy atom. The molecule has 1 aliphatic carbocycles. The first kappa shape index (κ1) is 29.1. The average molecular weight is 699 g/mol. The zero-order valence-corrected chi connectivity index (χ0v) is 29.6. The summed E-state index contributed by atoms with van der Waals surface area (Å²) in [4.78, 5) is 0. The molecule has 3 heteroatoms. The Morgan fingerprint density at radius 1 is 0.327 bits per heavy atom. The predicted octanol–water partition coefficient (Wildman–Crippen LogP) is 14.2. The molecule has 0 spiro atoms. The van der Waals surface area contributed by atoms with Crippen molar-refractivity contribution in [1.82, 2.24) is 9.13 Å². The summed E-state index contributed by atoms with van der Waals surface area (Å²) in [6.07, 6.45) is 0. The summed E-state index contributed by atoms with van der Waals surface area (Å²) in [5, 5.41) is 9.79. The normalized spacial score (nSPS) is 12.4. The lowest BCUT2D eigenvalue weighted by Crippen LogP contribution is -1.99. The Kier molecular flexibility index (Phi) is 5.63. The monoisotopic (exact) mass is 698 g/mol. The molecule has 0 saturated heterocycles. The van der Waals surface area contributed by atoms with Gasteiger partial charge in [-0.25, -0.2) is 0 Å². The second kappa shape index (κ2) is 10.6. The van der Waals surface area contributed by atoms with Gasteiger partial charge in [0.25, 0.3) is 0 Å². The van der Waals surface area contributed by atoms with Crippen LogP contribution in [0.4, 0.5) is 0 Å². The van der Waals surface area contributed by atoms with Gasteiger partial charge in [0.15, 0.2) is 0 Å². The number of hydrogen-bond acceptors (Lipinski definition) is 1. The maximum Gasteiger partial charge on any atom is 0.136 e. The second-order valence-electron chi connectivity index (χ2n) is 14.8. The molecule has 0 saturated carbocycles. The van der Waals surface area contributed by atoms with Gasteiger partial charge in [-0.05, 0) is 92.7 Å². The first-order valence-corrected chi connectivity index (χ1v) is 18.9. The fourth-order valence-corrected chi connectivity index (χ4v) is 9.74. The number of furan rings is 1. The van der Waals surface area contributed by atoms with Crippen molar-refractivity contribution >= 4 is 76.3 Å². The molecule has 0 radical (unpaired) electrons. The third-order valence-electron chi connectivity index (χ3n) is 12.0. The van der Waals surface area contributed by atoms with Gasteiger partial charge in [0.05, 0.1) is 22.1 Å². The lowest BCUT2D eigenvalue weighted by atomic mass is 10.0. The molecule has 9 aromatic carbocycles. The summed E-state index contributed by atoms with van der Waals surface area (Å²) in [6.45, 7) is 0. The van der Waals surface area contributed by atoms with E-state index in [0.29, 0.717) is 0 Å². The first-order valence-electron chi connectivity index (χ1n) is 18.9. The molecule has 3 aromatic heterocycles. The molecule has 0 atom stereocenters. The summed E-state index contributed by atoms with van der Waals surface area (Å²) < 4.78 is 11.5. The standard InChI is InChI=1S/C52H30N2O/c1-2-10-31(11-3-1)32-20-22-34(23-21-32)53-44-18-6-4-14-37(44)40-26-27-42-49-45(28-29-47-50(49)41-15-5-7-19-46(41)55-47)54(52(42)51(40)53)35-24-25-36-38-16-8-12-33-13-9-17-39(48(33)38)43(36)30-35/h1-30H. The Balaban J connectivity index is 1.19. The quantitative estimate of drug-likeness (QED) is 0.180. The van der Waals surface area contributed by atoms with Gasteiger partial charge in [0.2, 0.25) is 0 Å². The van der Waals surface area contributed by atoms with Crippen molar-refractivity contribution in [2.24, 2.45) is 0 Å². The molecule has 3 heterocycles. The van der Waals surface area contributed by atoms with Crippen LogP contribution in [0.3, 0.4) is 0 Å². The molecule has 254 valence electrons. The molecule has 1 aliphatic rings. The van der Waals surface area contributed by atoms with Crippen LogP contribution >= 0.6 is 0 Å². The highest BCUT2D eigenvalue weighted by atomic mass is 16.3. The zero-order chi connectivity index (χ0) is 35.8. The van der Waals surface area contributed by atoms with Crippen molar-refractivity contribution in [3.63, 3.8) is 0 Å². The summed E-state index contributed by atoms with van der Waals surface area (Å²) in [6, 6.07) is 66.5. The van der Waals surface area contributed by atoms with E-state index in [9.17, 15) is 0 Å². The van der Waals surface area contributed by atoms with Gasteiger partial charge in [-0.3, -0.25) is 0 Å². The SMILES string of the molecule is c1ccc(-c2ccc(-n3c4ccccc4c4ccc5c6c7c(ccc6n(-c6ccc8c(c6)-c6cccc9cccc-8c69)c5c43)oc3ccccc37)cc2)cc1. The summed E-state index contributed by atoms with van der Waals surface area (Å²) >= 11 is 0. The van der Waals surface area contributed by atoms with Crippen LogP contribution in [0.2, 0.25) is 0 Å². The smallest absolute Gasteiger partial charge is 0.136 e. The van der Waals surface area contributed by atoms with Gasteiger partial charge in [-0.1, -0.05) is 133 Å². The number of rotatable bonds is 3. The summed E-state index contributed by atoms with van der Waals surface area (Å²) in [5.74, 6) is 0. The summed E-state index contributed by atoms with van der Waals surface area (Å²) in [5.41, 5.74) is 16.4. The van der Waals surface area contributed by atoms with Crippen molar-refractivity contribution < 1.29 is 4.42 Å². The molecule has 0 unspecified atom stereocenters. The van der Waals surface area contributed by atoms with Crippen LogP contribution in [0.5, 0.6) is 0 Å². The highest BCUT2D eigenvalue weighted by Crippen LogP contribution is 2.50. The molecular weight excluding hydrogens is 669 g/mol. The van der Waals surface area contributed by atoms with E-state index in [0.717, 1.165) is 38.8 Å². The van der Waals surface area contributed by atoms with Crippen LogP contribution in [0.15, 0.2) is 186 Å². The van der Waals surface area contributed by atoms with Gasteiger partial charge in [0.1, 0.15) is 11.2 Å². The number of benzene rings is 9. The molecular formula is C52H30N2O. The van der Waals surface area contributed by atoms with E-state index >= 15 is 0 Å². The van der Waals surface area contributed by atoms with E-state index in [1.165, 1.54) is 82.2 Å². The van der Waals surface area contributed by atoms with Gasteiger partial charge in [0, 0.05) is 43.7 Å². The molecule has 0 aliphatic heterocycles. The lowest BCUT2D eigenvalue weighted by molar-refractivity contribution is 0.669. The Bertz CT molecular complexity index is 3570. The van der Waals surface area contributed by atoms with E-state index in [4.69, 9.17) is 4.42 Å². The molecule has 0 bridgehead atoms. The molecule has 55 heavy (non-hydrogen) atoms. The van der Waals surface area contributed by atoms with Crippen LogP contribution in [-0.4, -0.2) is 9.13 Å². The fraction of sp³-hybridized carbons (Fsp3) is 0. The number of para-hydroxylation sites is 2. The average Bonchev–Trinajstić information content (AvgIpc) is 3.98. The number of nitrogens with zero attached hydrogens (tertiary/aromatic N) is 2.